The average molecular weight is 766 g/mol. The molecule has 4 heterocycles. The summed E-state index contributed by atoms with van der Waals surface area (Å²) in [6, 6.07) is 32.5. The van der Waals surface area contributed by atoms with Crippen molar-refractivity contribution < 1.29 is 24.4 Å². The predicted octanol–water partition coefficient (Wildman–Crippen LogP) is 4.93. The molecule has 4 aromatic carbocycles. The van der Waals surface area contributed by atoms with Gasteiger partial charge in [0.15, 0.2) is 0 Å². The van der Waals surface area contributed by atoms with Gasteiger partial charge in [0, 0.05) is 69.2 Å². The summed E-state index contributed by atoms with van der Waals surface area (Å²) in [5.74, 6) is -0.0595. The van der Waals surface area contributed by atoms with E-state index in [9.17, 15) is 24.4 Å². The minimum Gasteiger partial charge on any atom is -0.423 e. The summed E-state index contributed by atoms with van der Waals surface area (Å²) in [5.41, 5.74) is 10.3. The van der Waals surface area contributed by atoms with Gasteiger partial charge >= 0.3 is 7.12 Å². The van der Waals surface area contributed by atoms with Crippen molar-refractivity contribution >= 4 is 52.8 Å². The van der Waals surface area contributed by atoms with Crippen LogP contribution in [0.4, 0.5) is 11.4 Å². The summed E-state index contributed by atoms with van der Waals surface area (Å²) in [6.45, 7) is 9.72. The zero-order valence-electron chi connectivity index (χ0n) is 32.8. The highest BCUT2D eigenvalue weighted by molar-refractivity contribution is 6.58. The summed E-state index contributed by atoms with van der Waals surface area (Å²) in [7, 11) is -1.49. The summed E-state index contributed by atoms with van der Waals surface area (Å²) < 4.78 is 0. The normalized spacial score (nSPS) is 19.7. The van der Waals surface area contributed by atoms with Gasteiger partial charge in [-0.1, -0.05) is 73.7 Å². The van der Waals surface area contributed by atoms with Gasteiger partial charge in [0.1, 0.15) is 6.04 Å². The molecule has 11 heteroatoms. The van der Waals surface area contributed by atoms with Crippen molar-refractivity contribution in [2.75, 3.05) is 55.6 Å². The molecule has 0 aromatic heterocycles. The van der Waals surface area contributed by atoms with Crippen LogP contribution in [0.25, 0.3) is 11.1 Å². The number of carbonyl (C=O) groups excluding carboxylic acids is 3. The molecule has 1 atom stereocenters. The number of anilines is 2. The van der Waals surface area contributed by atoms with Gasteiger partial charge in [-0.25, -0.2) is 0 Å². The number of rotatable bonds is 11. The number of nitrogens with one attached hydrogen (secondary N) is 1. The van der Waals surface area contributed by atoms with Gasteiger partial charge in [-0.2, -0.15) is 0 Å². The number of carbonyl (C=O) groups is 3. The Kier molecular flexibility index (Phi) is 11.6. The van der Waals surface area contributed by atoms with Gasteiger partial charge in [-0.3, -0.25) is 24.6 Å². The summed E-state index contributed by atoms with van der Waals surface area (Å²) in [5, 5.41) is 21.8. The Morgan fingerprint density at radius 3 is 2.04 bits per heavy atom. The van der Waals surface area contributed by atoms with E-state index in [0.717, 1.165) is 80.2 Å². The molecule has 4 aliphatic rings. The molecule has 294 valence electrons. The van der Waals surface area contributed by atoms with E-state index in [2.05, 4.69) is 81.5 Å². The van der Waals surface area contributed by atoms with Gasteiger partial charge in [0.25, 0.3) is 5.91 Å². The van der Waals surface area contributed by atoms with Crippen LogP contribution in [0.15, 0.2) is 97.1 Å². The number of imide groups is 1. The second kappa shape index (κ2) is 17.1. The van der Waals surface area contributed by atoms with Crippen molar-refractivity contribution in [2.24, 2.45) is 5.92 Å². The van der Waals surface area contributed by atoms with E-state index in [0.29, 0.717) is 29.9 Å². The molecule has 0 radical (unpaired) electrons. The zero-order valence-corrected chi connectivity index (χ0v) is 32.8. The third-order valence-corrected chi connectivity index (χ3v) is 12.5. The minimum atomic E-state index is -1.49. The smallest absolute Gasteiger partial charge is 0.423 e. The van der Waals surface area contributed by atoms with Crippen LogP contribution in [0.2, 0.25) is 0 Å². The number of amides is 3. The molecule has 3 N–H and O–H groups in total. The maximum atomic E-state index is 13.1. The van der Waals surface area contributed by atoms with Crippen molar-refractivity contribution in [3.8, 4) is 0 Å². The lowest BCUT2D eigenvalue weighted by Crippen LogP contribution is -2.52. The number of nitrogens with zero attached hydrogens (tertiary/aromatic N) is 4. The van der Waals surface area contributed by atoms with Crippen LogP contribution in [0.5, 0.6) is 0 Å². The van der Waals surface area contributed by atoms with E-state index < -0.39 is 13.2 Å². The van der Waals surface area contributed by atoms with E-state index in [1.807, 2.05) is 30.3 Å². The van der Waals surface area contributed by atoms with Gasteiger partial charge in [-0.15, -0.1) is 0 Å². The van der Waals surface area contributed by atoms with Crippen LogP contribution in [-0.4, -0.2) is 96.5 Å². The Balaban J connectivity index is 0.831. The second-order valence-corrected chi connectivity index (χ2v) is 15.9. The number of piperidine rings is 2. The molecular weight excluding hydrogens is 713 g/mol. The fourth-order valence-electron chi connectivity index (χ4n) is 9.17. The molecular formula is C46H52BN5O5. The van der Waals surface area contributed by atoms with Gasteiger partial charge in [-0.05, 0) is 114 Å². The highest BCUT2D eigenvalue weighted by Gasteiger charge is 2.39. The average Bonchev–Trinajstić information content (AvgIpc) is 3.57. The van der Waals surface area contributed by atoms with Crippen molar-refractivity contribution in [2.45, 2.75) is 58.0 Å². The van der Waals surface area contributed by atoms with Crippen LogP contribution in [0.1, 0.15) is 78.1 Å². The lowest BCUT2D eigenvalue weighted by molar-refractivity contribution is -0.136. The van der Waals surface area contributed by atoms with Crippen LogP contribution >= 0.6 is 0 Å². The SMILES string of the molecule is CC/C(=C(/c1ccc(B(O)O)cc1)c1ccc(N2CCC(CCN3CCN(c4ccc5c(c4)CN(C4CCC(=O)NC4=O)C5=O)CC3)CC2)cc1)c1ccccc1. The number of benzene rings is 4. The van der Waals surface area contributed by atoms with Crippen molar-refractivity contribution in [3.63, 3.8) is 0 Å². The Bertz CT molecular complexity index is 2110. The summed E-state index contributed by atoms with van der Waals surface area (Å²) in [6.07, 6.45) is 5.08. The Morgan fingerprint density at radius 2 is 1.39 bits per heavy atom. The Morgan fingerprint density at radius 1 is 0.737 bits per heavy atom. The van der Waals surface area contributed by atoms with Crippen molar-refractivity contribution in [1.82, 2.24) is 15.1 Å². The van der Waals surface area contributed by atoms with Crippen molar-refractivity contribution in [3.05, 3.63) is 125 Å². The molecule has 3 saturated heterocycles. The number of allylic oxidation sites excluding steroid dienone is 1. The van der Waals surface area contributed by atoms with E-state index in [1.54, 1.807) is 17.0 Å². The third-order valence-electron chi connectivity index (χ3n) is 12.5. The number of piperazine rings is 1. The molecule has 0 spiro atoms. The highest BCUT2D eigenvalue weighted by Crippen LogP contribution is 2.36. The second-order valence-electron chi connectivity index (χ2n) is 15.9. The summed E-state index contributed by atoms with van der Waals surface area (Å²) in [4.78, 5) is 46.4. The fraction of sp³-hybridized carbons (Fsp3) is 0.370. The first kappa shape index (κ1) is 38.6. The first-order valence-electron chi connectivity index (χ1n) is 20.6. The first-order chi connectivity index (χ1) is 27.7. The third kappa shape index (κ3) is 8.42. The molecule has 0 bridgehead atoms. The Hall–Kier alpha value is -5.23. The number of hydrogen-bond donors (Lipinski definition) is 3. The first-order valence-corrected chi connectivity index (χ1v) is 20.6. The number of hydrogen-bond acceptors (Lipinski definition) is 8. The van der Waals surface area contributed by atoms with Crippen molar-refractivity contribution in [1.29, 1.82) is 0 Å². The molecule has 1 unspecified atom stereocenters. The number of fused-ring (bicyclic) bond motifs is 1. The maximum absolute atomic E-state index is 13.1. The molecule has 0 aliphatic carbocycles. The van der Waals surface area contributed by atoms with Gasteiger partial charge in [0.05, 0.1) is 0 Å². The lowest BCUT2D eigenvalue weighted by Gasteiger charge is -2.38. The van der Waals surface area contributed by atoms with E-state index in [4.69, 9.17) is 0 Å². The molecule has 3 amide bonds. The Labute approximate surface area is 335 Å². The highest BCUT2D eigenvalue weighted by atomic mass is 16.4. The molecule has 0 saturated carbocycles. The predicted molar refractivity (Wildman–Crippen MR) is 226 cm³/mol. The molecule has 3 fully saturated rings. The van der Waals surface area contributed by atoms with E-state index in [-0.39, 0.29) is 24.1 Å². The molecule has 8 rings (SSSR count). The molecule has 57 heavy (non-hydrogen) atoms. The zero-order chi connectivity index (χ0) is 39.5. The topological polar surface area (TPSA) is 117 Å². The van der Waals surface area contributed by atoms with E-state index >= 15 is 0 Å². The molecule has 10 nitrogen and oxygen atoms in total. The standard InChI is InChI=1S/C46H52BN5O5/c1-2-40(33-6-4-3-5-7-33)44(34-8-12-37(13-9-34)47(56)57)35-10-14-38(15-11-35)50-24-21-32(22-25-50)20-23-49-26-28-51(29-27-49)39-16-17-41-36(30-39)31-52(46(41)55)42-18-19-43(53)48-45(42)54/h3-17,30,32,42,56-57H,2,18-29,31H2,1H3,(H,48,53,54)/b44-40+. The molecule has 4 aromatic rings. The van der Waals surface area contributed by atoms with E-state index in [1.165, 1.54) is 36.1 Å². The quantitative estimate of drug-likeness (QED) is 0.112. The monoisotopic (exact) mass is 765 g/mol. The maximum Gasteiger partial charge on any atom is 0.488 e. The van der Waals surface area contributed by atoms with Gasteiger partial charge in [0.2, 0.25) is 11.8 Å². The largest absolute Gasteiger partial charge is 0.488 e. The van der Waals surface area contributed by atoms with Crippen LogP contribution in [0.3, 0.4) is 0 Å². The van der Waals surface area contributed by atoms with Crippen LogP contribution in [0, 0.1) is 5.92 Å². The van der Waals surface area contributed by atoms with Crippen LogP contribution in [-0.2, 0) is 16.1 Å². The molecule has 4 aliphatic heterocycles. The minimum absolute atomic E-state index is 0.128. The summed E-state index contributed by atoms with van der Waals surface area (Å²) >= 11 is 0. The van der Waals surface area contributed by atoms with Crippen LogP contribution < -0.4 is 20.6 Å². The lowest BCUT2D eigenvalue weighted by atomic mass is 9.79. The fourth-order valence-corrected chi connectivity index (χ4v) is 9.17. The van der Waals surface area contributed by atoms with Gasteiger partial charge < -0.3 is 24.7 Å².